The first-order valence-corrected chi connectivity index (χ1v) is 11.7. The maximum absolute atomic E-state index is 12.8. The molecule has 0 aliphatic rings. The van der Waals surface area contributed by atoms with Crippen LogP contribution < -0.4 is 21.9 Å². The Morgan fingerprint density at radius 3 is 2.43 bits per heavy atom. The molecule has 0 saturated carbocycles. The Morgan fingerprint density at radius 1 is 1.09 bits per heavy atom. The number of hydrogen-bond acceptors (Lipinski definition) is 5. The van der Waals surface area contributed by atoms with Crippen molar-refractivity contribution in [2.45, 2.75) is 33.9 Å². The second-order valence-corrected chi connectivity index (χ2v) is 8.44. The van der Waals surface area contributed by atoms with Gasteiger partial charge in [0.1, 0.15) is 0 Å². The zero-order valence-corrected chi connectivity index (χ0v) is 20.8. The van der Waals surface area contributed by atoms with Crippen LogP contribution in [0.2, 0.25) is 5.02 Å². The largest absolute Gasteiger partial charge is 0.351 e. The molecule has 2 amide bonds. The molecular weight excluding hydrogens is 470 g/mol. The molecule has 2 aromatic carbocycles. The number of anilines is 1. The van der Waals surface area contributed by atoms with E-state index in [1.54, 1.807) is 63.5 Å². The van der Waals surface area contributed by atoms with Crippen molar-refractivity contribution >= 4 is 46.2 Å². The van der Waals surface area contributed by atoms with Gasteiger partial charge >= 0.3 is 5.69 Å². The molecule has 1 unspecified atom stereocenters. The second-order valence-electron chi connectivity index (χ2n) is 8.03. The number of carbonyl (C=O) groups excluding carboxylic acids is 2. The number of halogens is 1. The Labute approximate surface area is 207 Å². The van der Waals surface area contributed by atoms with Crippen LogP contribution in [0.1, 0.15) is 36.7 Å². The summed E-state index contributed by atoms with van der Waals surface area (Å²) < 4.78 is 2.70. The third kappa shape index (κ3) is 5.51. The molecule has 3 aromatic rings. The van der Waals surface area contributed by atoms with E-state index in [9.17, 15) is 19.2 Å². The monoisotopic (exact) mass is 497 g/mol. The molecule has 0 radical (unpaired) electrons. The van der Waals surface area contributed by atoms with E-state index in [1.165, 1.54) is 9.13 Å². The van der Waals surface area contributed by atoms with Gasteiger partial charge in [-0.1, -0.05) is 24.6 Å². The summed E-state index contributed by atoms with van der Waals surface area (Å²) in [6, 6.07) is 9.76. The van der Waals surface area contributed by atoms with Gasteiger partial charge in [0, 0.05) is 49.7 Å². The van der Waals surface area contributed by atoms with Gasteiger partial charge in [-0.2, -0.15) is 0 Å². The normalized spacial score (nSPS) is 12.1. The molecule has 9 nitrogen and oxygen atoms in total. The number of rotatable bonds is 8. The zero-order chi connectivity index (χ0) is 25.7. The summed E-state index contributed by atoms with van der Waals surface area (Å²) in [6.45, 7) is 6.02. The van der Waals surface area contributed by atoms with Gasteiger partial charge in [-0.05, 0) is 44.2 Å². The van der Waals surface area contributed by atoms with Crippen molar-refractivity contribution in [1.82, 2.24) is 14.5 Å². The highest BCUT2D eigenvalue weighted by Gasteiger charge is 2.17. The standard InChI is InChI=1S/C25H28ClN5O4/c1-5-30-21-10-9-18(12-19(21)24(34)31(6-2)25(30)35)29-22(32)15(3)13-28-23(33)16-7-8-17(14-27-4)20(26)11-16/h7-12,14-15H,5-6,13H2,1-4H3,(H,28,33)(H,29,32)/b27-14+. The summed E-state index contributed by atoms with van der Waals surface area (Å²) in [5.74, 6) is -1.22. The molecule has 10 heteroatoms. The lowest BCUT2D eigenvalue weighted by molar-refractivity contribution is -0.119. The van der Waals surface area contributed by atoms with Crippen LogP contribution in [0.3, 0.4) is 0 Å². The van der Waals surface area contributed by atoms with E-state index < -0.39 is 11.5 Å². The Morgan fingerprint density at radius 2 is 1.80 bits per heavy atom. The molecule has 184 valence electrons. The predicted molar refractivity (Wildman–Crippen MR) is 139 cm³/mol. The van der Waals surface area contributed by atoms with Gasteiger partial charge in [0.2, 0.25) is 5.91 Å². The quantitative estimate of drug-likeness (QED) is 0.465. The average Bonchev–Trinajstić information content (AvgIpc) is 2.84. The van der Waals surface area contributed by atoms with Crippen LogP contribution in [0.15, 0.2) is 51.0 Å². The topological polar surface area (TPSA) is 115 Å². The summed E-state index contributed by atoms with van der Waals surface area (Å²) in [6.07, 6.45) is 1.60. The second kappa shape index (κ2) is 11.1. The van der Waals surface area contributed by atoms with Crippen molar-refractivity contribution in [3.05, 3.63) is 73.4 Å². The molecule has 0 fully saturated rings. The van der Waals surface area contributed by atoms with Crippen molar-refractivity contribution in [1.29, 1.82) is 0 Å². The smallest absolute Gasteiger partial charge is 0.331 e. The number of amides is 2. The highest BCUT2D eigenvalue weighted by molar-refractivity contribution is 6.33. The first kappa shape index (κ1) is 25.9. The number of aromatic nitrogens is 2. The van der Waals surface area contributed by atoms with E-state index in [0.29, 0.717) is 39.3 Å². The molecule has 1 heterocycles. The maximum Gasteiger partial charge on any atom is 0.331 e. The minimum atomic E-state index is -0.548. The van der Waals surface area contributed by atoms with Crippen LogP contribution in [0.5, 0.6) is 0 Å². The number of hydrogen-bond donors (Lipinski definition) is 2. The van der Waals surface area contributed by atoms with Crippen molar-refractivity contribution in [2.75, 3.05) is 18.9 Å². The lowest BCUT2D eigenvalue weighted by Gasteiger charge is -2.15. The maximum atomic E-state index is 12.8. The third-order valence-corrected chi connectivity index (χ3v) is 6.00. The van der Waals surface area contributed by atoms with Gasteiger partial charge in [-0.3, -0.25) is 28.5 Å². The van der Waals surface area contributed by atoms with E-state index in [1.807, 2.05) is 6.92 Å². The number of carbonyl (C=O) groups is 2. The number of aryl methyl sites for hydroxylation is 1. The molecule has 0 aliphatic carbocycles. The van der Waals surface area contributed by atoms with Gasteiger partial charge in [0.05, 0.1) is 21.8 Å². The summed E-state index contributed by atoms with van der Waals surface area (Å²) in [5.41, 5.74) is 1.27. The van der Waals surface area contributed by atoms with E-state index in [0.717, 1.165) is 0 Å². The van der Waals surface area contributed by atoms with Gasteiger partial charge in [-0.25, -0.2) is 4.79 Å². The fourth-order valence-electron chi connectivity index (χ4n) is 3.70. The average molecular weight is 498 g/mol. The minimum Gasteiger partial charge on any atom is -0.351 e. The molecule has 2 N–H and O–H groups in total. The summed E-state index contributed by atoms with van der Waals surface area (Å²) in [5, 5.41) is 6.27. The molecular formula is C25H28ClN5O4. The summed E-state index contributed by atoms with van der Waals surface area (Å²) in [4.78, 5) is 54.4. The van der Waals surface area contributed by atoms with Gasteiger partial charge in [0.15, 0.2) is 0 Å². The van der Waals surface area contributed by atoms with E-state index in [2.05, 4.69) is 15.6 Å². The van der Waals surface area contributed by atoms with E-state index in [4.69, 9.17) is 11.6 Å². The molecule has 1 atom stereocenters. The fourth-order valence-corrected chi connectivity index (χ4v) is 3.93. The summed E-state index contributed by atoms with van der Waals surface area (Å²) in [7, 11) is 1.63. The van der Waals surface area contributed by atoms with Crippen LogP contribution in [-0.4, -0.2) is 40.8 Å². The molecule has 0 saturated heterocycles. The van der Waals surface area contributed by atoms with Crippen molar-refractivity contribution < 1.29 is 9.59 Å². The van der Waals surface area contributed by atoms with Crippen LogP contribution >= 0.6 is 11.6 Å². The van der Waals surface area contributed by atoms with E-state index >= 15 is 0 Å². The van der Waals surface area contributed by atoms with Gasteiger partial charge < -0.3 is 10.6 Å². The number of benzene rings is 2. The van der Waals surface area contributed by atoms with Crippen molar-refractivity contribution in [3.8, 4) is 0 Å². The van der Waals surface area contributed by atoms with Gasteiger partial charge in [0.25, 0.3) is 11.5 Å². The molecule has 0 bridgehead atoms. The van der Waals surface area contributed by atoms with Crippen molar-refractivity contribution in [2.24, 2.45) is 10.9 Å². The Balaban J connectivity index is 1.72. The number of aliphatic imine (C=N–C) groups is 1. The number of fused-ring (bicyclic) bond motifs is 1. The highest BCUT2D eigenvalue weighted by Crippen LogP contribution is 2.18. The predicted octanol–water partition coefficient (Wildman–Crippen LogP) is 2.91. The minimum absolute atomic E-state index is 0.103. The lowest BCUT2D eigenvalue weighted by atomic mass is 10.1. The lowest BCUT2D eigenvalue weighted by Crippen LogP contribution is -2.39. The fraction of sp³-hybridized carbons (Fsp3) is 0.320. The first-order valence-electron chi connectivity index (χ1n) is 11.3. The number of nitrogens with one attached hydrogen (secondary N) is 2. The Bertz CT molecular complexity index is 1420. The molecule has 3 rings (SSSR count). The SMILES string of the molecule is CCn1c(=O)c2cc(NC(=O)C(C)CNC(=O)c3ccc(/C=N/C)c(Cl)c3)ccc2n(CC)c1=O. The van der Waals surface area contributed by atoms with Crippen LogP contribution in [0, 0.1) is 5.92 Å². The Kier molecular flexibility index (Phi) is 8.24. The van der Waals surface area contributed by atoms with Crippen molar-refractivity contribution in [3.63, 3.8) is 0 Å². The van der Waals surface area contributed by atoms with Crippen LogP contribution in [-0.2, 0) is 17.9 Å². The molecule has 0 spiro atoms. The third-order valence-electron chi connectivity index (χ3n) is 5.67. The van der Waals surface area contributed by atoms with Gasteiger partial charge in [-0.15, -0.1) is 0 Å². The first-order chi connectivity index (χ1) is 16.7. The van der Waals surface area contributed by atoms with Crippen LogP contribution in [0.25, 0.3) is 10.9 Å². The Hall–Kier alpha value is -3.72. The zero-order valence-electron chi connectivity index (χ0n) is 20.1. The number of nitrogens with zero attached hydrogens (tertiary/aromatic N) is 3. The highest BCUT2D eigenvalue weighted by atomic mass is 35.5. The van der Waals surface area contributed by atoms with E-state index in [-0.39, 0.29) is 30.6 Å². The molecule has 0 aliphatic heterocycles. The summed E-state index contributed by atoms with van der Waals surface area (Å²) >= 11 is 6.18. The van der Waals surface area contributed by atoms with Crippen LogP contribution in [0.4, 0.5) is 5.69 Å². The molecule has 35 heavy (non-hydrogen) atoms. The molecule has 1 aromatic heterocycles.